The average molecular weight is 643 g/mol. The van der Waals surface area contributed by atoms with Crippen LogP contribution in [-0.2, 0) is 23.4 Å². The number of alkyl halides is 1. The second-order valence-corrected chi connectivity index (χ2v) is 16.5. The van der Waals surface area contributed by atoms with E-state index in [1.165, 1.54) is 0 Å². The Morgan fingerprint density at radius 2 is 1.61 bits per heavy atom. The molecule has 0 spiro atoms. The Bertz CT molecular complexity index is 992. The van der Waals surface area contributed by atoms with E-state index in [1.807, 2.05) is 26.0 Å². The molecule has 36 heavy (non-hydrogen) atoms. The van der Waals surface area contributed by atoms with Crippen LogP contribution in [0.3, 0.4) is 0 Å². The maximum absolute atomic E-state index is 12.3. The molecule has 0 radical (unpaired) electrons. The summed E-state index contributed by atoms with van der Waals surface area (Å²) in [6, 6.07) is 20.9. The first kappa shape index (κ1) is 28.1. The zero-order chi connectivity index (χ0) is 26.1. The molecule has 5 atom stereocenters. The molecule has 9 heteroatoms. The maximum atomic E-state index is 12.3. The van der Waals surface area contributed by atoms with Gasteiger partial charge in [-0.25, -0.2) is 4.79 Å². The second kappa shape index (κ2) is 11.0. The molecule has 2 fully saturated rings. The molecular formula is C27H35IO6SSi. The summed E-state index contributed by atoms with van der Waals surface area (Å²) in [6.45, 7) is 10.5. The van der Waals surface area contributed by atoms with Gasteiger partial charge in [0, 0.05) is 4.43 Å². The molecule has 0 N–H and O–H groups in total. The van der Waals surface area contributed by atoms with Gasteiger partial charge in [0.25, 0.3) is 8.32 Å². The van der Waals surface area contributed by atoms with Crippen LogP contribution >= 0.6 is 34.4 Å². The van der Waals surface area contributed by atoms with Crippen LogP contribution in [0.2, 0.25) is 5.04 Å². The number of carbonyl (C=O) groups excluding carboxylic acids is 1. The molecule has 0 amide bonds. The summed E-state index contributed by atoms with van der Waals surface area (Å²) in [5.74, 6) is -0.802. The van der Waals surface area contributed by atoms with Crippen LogP contribution in [0.1, 0.15) is 34.6 Å². The van der Waals surface area contributed by atoms with E-state index in [-0.39, 0.29) is 10.3 Å². The third-order valence-corrected chi connectivity index (χ3v) is 13.0. The predicted molar refractivity (Wildman–Crippen MR) is 154 cm³/mol. The van der Waals surface area contributed by atoms with Crippen molar-refractivity contribution in [3.05, 3.63) is 60.7 Å². The van der Waals surface area contributed by atoms with Gasteiger partial charge in [-0.3, -0.25) is 0 Å². The van der Waals surface area contributed by atoms with Gasteiger partial charge in [-0.15, -0.1) is 0 Å². The number of hydrogen-bond donors (Lipinski definition) is 0. The number of hydrogen-bond acceptors (Lipinski definition) is 7. The number of thioether (sulfide) groups is 1. The molecular weight excluding hydrogens is 607 g/mol. The summed E-state index contributed by atoms with van der Waals surface area (Å²) in [7, 11) is -2.93. The molecule has 4 rings (SSSR count). The Kier molecular flexibility index (Phi) is 8.60. The molecule has 0 aromatic heterocycles. The molecule has 196 valence electrons. The van der Waals surface area contributed by atoms with Gasteiger partial charge in [-0.1, -0.05) is 104 Å². The number of halogens is 1. The topological polar surface area (TPSA) is 63.2 Å². The molecule has 0 bridgehead atoms. The minimum Gasteiger partial charge on any atom is -0.451 e. The van der Waals surface area contributed by atoms with Gasteiger partial charge in [0.1, 0.15) is 24.4 Å². The first-order valence-electron chi connectivity index (χ1n) is 12.1. The summed E-state index contributed by atoms with van der Waals surface area (Å²) >= 11 is 3.28. The summed E-state index contributed by atoms with van der Waals surface area (Å²) in [5.41, 5.74) is 0. The van der Waals surface area contributed by atoms with Crippen LogP contribution in [0.4, 0.5) is 4.79 Å². The largest absolute Gasteiger partial charge is 0.451 e. The van der Waals surface area contributed by atoms with Gasteiger partial charge in [0.15, 0.2) is 12.1 Å². The third-order valence-electron chi connectivity index (χ3n) is 6.69. The molecule has 0 unspecified atom stereocenters. The van der Waals surface area contributed by atoms with Crippen molar-refractivity contribution in [2.75, 3.05) is 10.7 Å². The minimum atomic E-state index is -2.93. The van der Waals surface area contributed by atoms with Crippen LogP contribution in [0.25, 0.3) is 0 Å². The van der Waals surface area contributed by atoms with E-state index in [9.17, 15) is 4.79 Å². The Morgan fingerprint density at radius 1 is 1.06 bits per heavy atom. The number of carbonyl (C=O) groups is 1. The molecule has 0 aliphatic carbocycles. The second-order valence-electron chi connectivity index (χ2n) is 10.6. The van der Waals surface area contributed by atoms with Crippen molar-refractivity contribution in [2.24, 2.45) is 0 Å². The summed E-state index contributed by atoms with van der Waals surface area (Å²) in [6.07, 6.45) is -0.892. The molecule has 2 heterocycles. The lowest BCUT2D eigenvalue weighted by Gasteiger charge is -2.46. The molecule has 2 saturated heterocycles. The number of rotatable bonds is 7. The highest BCUT2D eigenvalue weighted by atomic mass is 127. The normalized spacial score (nSPS) is 26.4. The van der Waals surface area contributed by atoms with Gasteiger partial charge >= 0.3 is 5.30 Å². The van der Waals surface area contributed by atoms with Gasteiger partial charge in [0.05, 0.1) is 0 Å². The maximum Gasteiger partial charge on any atom is 0.367 e. The average Bonchev–Trinajstić information content (AvgIpc) is 3.32. The SMILES string of the molecule is CSC(=O)O[C@H](CI)[C@H]1O[C@@H]2OC(C)(C)O[C@@H]2[C@H]1O[Si](c1ccccc1)(c1ccccc1)C(C)(C)C. The van der Waals surface area contributed by atoms with E-state index in [1.54, 1.807) is 6.26 Å². The van der Waals surface area contributed by atoms with Gasteiger partial charge < -0.3 is 23.4 Å². The van der Waals surface area contributed by atoms with Crippen LogP contribution in [0, 0.1) is 0 Å². The van der Waals surface area contributed by atoms with Crippen molar-refractivity contribution in [2.45, 2.75) is 76.1 Å². The highest BCUT2D eigenvalue weighted by Crippen LogP contribution is 2.45. The molecule has 2 aliphatic rings. The first-order chi connectivity index (χ1) is 17.0. The highest BCUT2D eigenvalue weighted by molar-refractivity contribution is 14.1. The Balaban J connectivity index is 1.85. The lowest BCUT2D eigenvalue weighted by molar-refractivity contribution is -0.222. The lowest BCUT2D eigenvalue weighted by Crippen LogP contribution is -2.69. The van der Waals surface area contributed by atoms with Crippen LogP contribution < -0.4 is 10.4 Å². The van der Waals surface area contributed by atoms with Crippen LogP contribution in [-0.4, -0.2) is 60.8 Å². The van der Waals surface area contributed by atoms with Gasteiger partial charge in [-0.05, 0) is 47.3 Å². The fraction of sp³-hybridized carbons (Fsp3) is 0.519. The smallest absolute Gasteiger partial charge is 0.367 e. The molecule has 0 saturated carbocycles. The van der Waals surface area contributed by atoms with Gasteiger partial charge in [0.2, 0.25) is 0 Å². The van der Waals surface area contributed by atoms with E-state index < -0.39 is 44.8 Å². The standard InChI is InChI=1S/C27H35IO6SSi/c1-26(2,3)36(18-13-9-7-10-14-18,19-15-11-8-12-16-19)34-22-21(20(17-28)30-25(29)35-6)31-24-23(22)32-27(4,5)33-24/h7-16,20-24H,17H2,1-6H3/t20-,21-,22+,23-,24-/m1/s1. The predicted octanol–water partition coefficient (Wildman–Crippen LogP) is 5.11. The zero-order valence-corrected chi connectivity index (χ0v) is 25.6. The third kappa shape index (κ3) is 5.43. The number of fused-ring (bicyclic) bond motifs is 1. The van der Waals surface area contributed by atoms with E-state index in [2.05, 4.69) is 91.9 Å². The van der Waals surface area contributed by atoms with E-state index in [4.69, 9.17) is 23.4 Å². The highest BCUT2D eigenvalue weighted by Gasteiger charge is 2.62. The first-order valence-corrected chi connectivity index (χ1v) is 16.8. The molecule has 6 nitrogen and oxygen atoms in total. The summed E-state index contributed by atoms with van der Waals surface area (Å²) in [4.78, 5) is 12.3. The van der Waals surface area contributed by atoms with Crippen molar-refractivity contribution in [3.63, 3.8) is 0 Å². The van der Waals surface area contributed by atoms with Crippen molar-refractivity contribution in [1.82, 2.24) is 0 Å². The number of benzene rings is 2. The van der Waals surface area contributed by atoms with Crippen molar-refractivity contribution >= 4 is 58.3 Å². The monoisotopic (exact) mass is 642 g/mol. The molecule has 2 aliphatic heterocycles. The summed E-state index contributed by atoms with van der Waals surface area (Å²) in [5, 5.41) is 1.75. The van der Waals surface area contributed by atoms with Crippen molar-refractivity contribution < 1.29 is 28.2 Å². The fourth-order valence-corrected chi connectivity index (χ4v) is 10.8. The van der Waals surface area contributed by atoms with Gasteiger partial charge in [-0.2, -0.15) is 0 Å². The Labute approximate surface area is 233 Å². The Hall–Kier alpha value is -0.953. The zero-order valence-electron chi connectivity index (χ0n) is 21.6. The number of ether oxygens (including phenoxy) is 4. The van der Waals surface area contributed by atoms with Crippen LogP contribution in [0.15, 0.2) is 60.7 Å². The fourth-order valence-electron chi connectivity index (χ4n) is 5.19. The summed E-state index contributed by atoms with van der Waals surface area (Å²) < 4.78 is 32.7. The van der Waals surface area contributed by atoms with Crippen molar-refractivity contribution in [3.8, 4) is 0 Å². The minimum absolute atomic E-state index is 0.233. The van der Waals surface area contributed by atoms with Crippen molar-refractivity contribution in [1.29, 1.82) is 0 Å². The lowest BCUT2D eigenvalue weighted by atomic mass is 10.1. The van der Waals surface area contributed by atoms with Crippen LogP contribution in [0.5, 0.6) is 0 Å². The van der Waals surface area contributed by atoms with E-state index >= 15 is 0 Å². The Morgan fingerprint density at radius 3 is 2.08 bits per heavy atom. The van der Waals surface area contributed by atoms with E-state index in [0.717, 1.165) is 22.1 Å². The quantitative estimate of drug-likeness (QED) is 0.180. The molecule has 2 aromatic carbocycles. The molecule has 2 aromatic rings. The van der Waals surface area contributed by atoms with E-state index in [0.29, 0.717) is 4.43 Å².